The van der Waals surface area contributed by atoms with Gasteiger partial charge in [-0.2, -0.15) is 0 Å². The van der Waals surface area contributed by atoms with Crippen LogP contribution in [0.15, 0.2) is 18.2 Å². The van der Waals surface area contributed by atoms with Crippen molar-refractivity contribution in [2.24, 2.45) is 11.3 Å². The van der Waals surface area contributed by atoms with Gasteiger partial charge in [0, 0.05) is 42.2 Å². The summed E-state index contributed by atoms with van der Waals surface area (Å²) in [6, 6.07) is 5.81. The summed E-state index contributed by atoms with van der Waals surface area (Å²) in [5, 5.41) is 6.20. The number of nitrogens with one attached hydrogen (secondary N) is 2. The van der Waals surface area contributed by atoms with E-state index >= 15 is 0 Å². The van der Waals surface area contributed by atoms with Crippen LogP contribution in [-0.2, 0) is 4.79 Å². The fourth-order valence-corrected chi connectivity index (χ4v) is 4.96. The van der Waals surface area contributed by atoms with Crippen LogP contribution in [-0.4, -0.2) is 42.8 Å². The van der Waals surface area contributed by atoms with Crippen molar-refractivity contribution in [2.75, 3.05) is 25.2 Å². The summed E-state index contributed by atoms with van der Waals surface area (Å²) in [4.78, 5) is 27.2. The minimum atomic E-state index is -0.0374. The molecule has 7 heteroatoms. The molecule has 1 saturated heterocycles. The lowest BCUT2D eigenvalue weighted by Crippen LogP contribution is -2.44. The zero-order valence-electron chi connectivity index (χ0n) is 16.0. The van der Waals surface area contributed by atoms with Crippen LogP contribution in [0.2, 0.25) is 0 Å². The number of amides is 3. The van der Waals surface area contributed by atoms with Gasteiger partial charge in [-0.25, -0.2) is 4.79 Å². The van der Waals surface area contributed by atoms with E-state index in [-0.39, 0.29) is 30.1 Å². The van der Waals surface area contributed by atoms with E-state index in [0.29, 0.717) is 24.1 Å². The molecule has 1 spiro atoms. The number of benzene rings is 1. The molecule has 0 unspecified atom stereocenters. The Labute approximate surface area is 164 Å². The molecule has 150 valence electrons. The minimum Gasteiger partial charge on any atom is -0.454 e. The molecule has 2 atom stereocenters. The van der Waals surface area contributed by atoms with E-state index in [2.05, 4.69) is 10.6 Å². The first kappa shape index (κ1) is 17.6. The van der Waals surface area contributed by atoms with E-state index in [9.17, 15) is 9.59 Å². The number of hydrogen-bond acceptors (Lipinski definition) is 4. The number of nitrogens with zero attached hydrogens (tertiary/aromatic N) is 1. The first-order valence-corrected chi connectivity index (χ1v) is 10.4. The molecule has 2 aliphatic carbocycles. The quantitative estimate of drug-likeness (QED) is 0.838. The second-order valence-corrected chi connectivity index (χ2v) is 8.63. The maximum Gasteiger partial charge on any atom is 0.317 e. The van der Waals surface area contributed by atoms with Gasteiger partial charge in [-0.3, -0.25) is 4.79 Å². The van der Waals surface area contributed by atoms with Crippen molar-refractivity contribution in [1.82, 2.24) is 10.2 Å². The van der Waals surface area contributed by atoms with Gasteiger partial charge in [0.15, 0.2) is 11.5 Å². The third-order valence-electron chi connectivity index (χ3n) is 6.75. The maximum atomic E-state index is 12.7. The smallest absolute Gasteiger partial charge is 0.317 e. The molecule has 28 heavy (non-hydrogen) atoms. The van der Waals surface area contributed by atoms with Crippen molar-refractivity contribution in [3.8, 4) is 11.5 Å². The summed E-state index contributed by atoms with van der Waals surface area (Å²) >= 11 is 0. The molecule has 1 aromatic rings. The number of carbonyl (C=O) groups is 2. The lowest BCUT2D eigenvalue weighted by atomic mass is 9.96. The molecule has 3 amide bonds. The fourth-order valence-electron chi connectivity index (χ4n) is 4.96. The van der Waals surface area contributed by atoms with Gasteiger partial charge in [0.1, 0.15) is 0 Å². The Morgan fingerprint density at radius 1 is 1.11 bits per heavy atom. The zero-order chi connectivity index (χ0) is 19.1. The van der Waals surface area contributed by atoms with Gasteiger partial charge in [0.25, 0.3) is 0 Å². The van der Waals surface area contributed by atoms with Gasteiger partial charge in [-0.15, -0.1) is 0 Å². The fraction of sp³-hybridized carbons (Fsp3) is 0.619. The number of anilines is 1. The van der Waals surface area contributed by atoms with E-state index in [4.69, 9.17) is 9.47 Å². The van der Waals surface area contributed by atoms with Crippen LogP contribution >= 0.6 is 0 Å². The van der Waals surface area contributed by atoms with E-state index in [1.807, 2.05) is 17.0 Å². The zero-order valence-corrected chi connectivity index (χ0v) is 16.0. The Morgan fingerprint density at radius 3 is 2.79 bits per heavy atom. The molecule has 5 rings (SSSR count). The molecule has 1 aromatic carbocycles. The number of ether oxygens (including phenoxy) is 2. The topological polar surface area (TPSA) is 79.9 Å². The highest BCUT2D eigenvalue weighted by atomic mass is 16.7. The van der Waals surface area contributed by atoms with Gasteiger partial charge in [0.05, 0.1) is 0 Å². The van der Waals surface area contributed by atoms with Crippen molar-refractivity contribution < 1.29 is 19.1 Å². The van der Waals surface area contributed by atoms with Crippen LogP contribution in [0.3, 0.4) is 0 Å². The van der Waals surface area contributed by atoms with E-state index in [1.165, 1.54) is 19.3 Å². The SMILES string of the molecule is O=C(Nc1ccc2c(c1)OCO2)[C@@H]1C[C@@]12CCN(C(=O)NC1CCCCC1)C2. The van der Waals surface area contributed by atoms with Crippen LogP contribution in [0.4, 0.5) is 10.5 Å². The highest BCUT2D eigenvalue weighted by Crippen LogP contribution is 2.58. The Bertz CT molecular complexity index is 792. The number of urea groups is 1. The van der Waals surface area contributed by atoms with Crippen molar-refractivity contribution >= 4 is 17.6 Å². The van der Waals surface area contributed by atoms with Crippen molar-refractivity contribution in [1.29, 1.82) is 0 Å². The summed E-state index contributed by atoms with van der Waals surface area (Å²) in [6.07, 6.45) is 7.63. The lowest BCUT2D eigenvalue weighted by molar-refractivity contribution is -0.118. The van der Waals surface area contributed by atoms with Crippen LogP contribution in [0.5, 0.6) is 11.5 Å². The van der Waals surface area contributed by atoms with Gasteiger partial charge >= 0.3 is 6.03 Å². The third kappa shape index (κ3) is 3.27. The summed E-state index contributed by atoms with van der Waals surface area (Å²) in [6.45, 7) is 1.65. The number of fused-ring (bicyclic) bond motifs is 1. The predicted octanol–water partition coefficient (Wildman–Crippen LogP) is 3.11. The molecule has 2 N–H and O–H groups in total. The summed E-state index contributed by atoms with van der Waals surface area (Å²) in [5.41, 5.74) is 0.686. The summed E-state index contributed by atoms with van der Waals surface area (Å²) in [5.74, 6) is 1.38. The highest BCUT2D eigenvalue weighted by molar-refractivity contribution is 5.95. The number of rotatable bonds is 3. The van der Waals surface area contributed by atoms with Crippen LogP contribution in [0.25, 0.3) is 0 Å². The number of hydrogen-bond donors (Lipinski definition) is 2. The Morgan fingerprint density at radius 2 is 1.93 bits per heavy atom. The normalized spacial score (nSPS) is 28.4. The van der Waals surface area contributed by atoms with Gasteiger partial charge < -0.3 is 25.0 Å². The van der Waals surface area contributed by atoms with E-state index in [0.717, 1.165) is 37.9 Å². The molecular weight excluding hydrogens is 358 g/mol. The number of carbonyl (C=O) groups excluding carboxylic acids is 2. The molecule has 2 heterocycles. The number of likely N-dealkylation sites (tertiary alicyclic amines) is 1. The average Bonchev–Trinajstić information content (AvgIpc) is 3.02. The van der Waals surface area contributed by atoms with E-state index in [1.54, 1.807) is 6.07 Å². The minimum absolute atomic E-state index is 0.0228. The molecule has 0 bridgehead atoms. The molecule has 3 fully saturated rings. The van der Waals surface area contributed by atoms with Crippen LogP contribution < -0.4 is 20.1 Å². The predicted molar refractivity (Wildman–Crippen MR) is 103 cm³/mol. The second kappa shape index (κ2) is 6.87. The third-order valence-corrected chi connectivity index (χ3v) is 6.75. The van der Waals surface area contributed by atoms with Gasteiger partial charge in [-0.05, 0) is 37.8 Å². The van der Waals surface area contributed by atoms with Gasteiger partial charge in [-0.1, -0.05) is 19.3 Å². The average molecular weight is 385 g/mol. The Balaban J connectivity index is 1.15. The molecule has 0 aromatic heterocycles. The maximum absolute atomic E-state index is 12.7. The summed E-state index contributed by atoms with van der Waals surface area (Å²) < 4.78 is 10.7. The molecule has 7 nitrogen and oxygen atoms in total. The van der Waals surface area contributed by atoms with Crippen molar-refractivity contribution in [2.45, 2.75) is 51.0 Å². The van der Waals surface area contributed by atoms with Crippen LogP contribution in [0.1, 0.15) is 44.9 Å². The lowest BCUT2D eigenvalue weighted by Gasteiger charge is -2.26. The Kier molecular flexibility index (Phi) is 4.33. The van der Waals surface area contributed by atoms with Crippen molar-refractivity contribution in [3.05, 3.63) is 18.2 Å². The standard InChI is InChI=1S/C21H27N3O4/c25-19(22-15-6-7-17-18(10-15)28-13-27-17)16-11-21(16)8-9-24(12-21)20(26)23-14-4-2-1-3-5-14/h6-7,10,14,16H,1-5,8-9,11-13H2,(H,22,25)(H,23,26)/t16-,21+/m0/s1. The van der Waals surface area contributed by atoms with E-state index < -0.39 is 0 Å². The Hall–Kier alpha value is -2.44. The van der Waals surface area contributed by atoms with Crippen molar-refractivity contribution in [3.63, 3.8) is 0 Å². The summed E-state index contributed by atoms with van der Waals surface area (Å²) in [7, 11) is 0. The monoisotopic (exact) mass is 385 g/mol. The molecule has 0 radical (unpaired) electrons. The van der Waals surface area contributed by atoms with Gasteiger partial charge in [0.2, 0.25) is 12.7 Å². The van der Waals surface area contributed by atoms with Crippen LogP contribution in [0, 0.1) is 11.3 Å². The first-order valence-electron chi connectivity index (χ1n) is 10.4. The second-order valence-electron chi connectivity index (χ2n) is 8.63. The highest BCUT2D eigenvalue weighted by Gasteiger charge is 2.61. The molecule has 4 aliphatic rings. The molecule has 2 aliphatic heterocycles. The molecule has 2 saturated carbocycles. The first-order chi connectivity index (χ1) is 13.6. The molecular formula is C21H27N3O4. The largest absolute Gasteiger partial charge is 0.454 e.